The van der Waals surface area contributed by atoms with Gasteiger partial charge in [-0.2, -0.15) is 4.80 Å². The van der Waals surface area contributed by atoms with E-state index in [0.29, 0.717) is 5.82 Å². The van der Waals surface area contributed by atoms with Crippen molar-refractivity contribution in [2.24, 2.45) is 18.5 Å². The highest BCUT2D eigenvalue weighted by Gasteiger charge is 2.12. The zero-order valence-electron chi connectivity index (χ0n) is 6.64. The van der Waals surface area contributed by atoms with Crippen molar-refractivity contribution >= 4 is 5.91 Å². The number of hydrogen-bond donors (Lipinski definition) is 2. The number of rotatable bonds is 3. The zero-order valence-corrected chi connectivity index (χ0v) is 6.64. The van der Waals surface area contributed by atoms with E-state index in [-0.39, 0.29) is 6.42 Å². The summed E-state index contributed by atoms with van der Waals surface area (Å²) in [7, 11) is 1.63. The molecule has 7 nitrogen and oxygen atoms in total. The topological polar surface area (TPSA) is 113 Å². The van der Waals surface area contributed by atoms with Crippen LogP contribution >= 0.6 is 0 Å². The average molecular weight is 170 g/mol. The minimum atomic E-state index is -0.741. The van der Waals surface area contributed by atoms with Crippen LogP contribution < -0.4 is 11.5 Å². The lowest BCUT2D eigenvalue weighted by atomic mass is 10.2. The molecule has 0 saturated carbocycles. The number of nitrogens with zero attached hydrogens (tertiary/aromatic N) is 4. The Morgan fingerprint density at radius 3 is 2.83 bits per heavy atom. The van der Waals surface area contributed by atoms with Crippen LogP contribution in [0.3, 0.4) is 0 Å². The number of nitrogens with two attached hydrogens (primary N) is 2. The van der Waals surface area contributed by atoms with Gasteiger partial charge in [-0.15, -0.1) is 10.2 Å². The van der Waals surface area contributed by atoms with E-state index in [2.05, 4.69) is 15.4 Å². The molecule has 1 unspecified atom stereocenters. The molecule has 1 aromatic heterocycles. The molecule has 0 aromatic carbocycles. The van der Waals surface area contributed by atoms with E-state index in [9.17, 15) is 4.79 Å². The first kappa shape index (κ1) is 8.60. The lowest BCUT2D eigenvalue weighted by molar-refractivity contribution is -0.119. The number of aromatic nitrogens is 4. The van der Waals surface area contributed by atoms with Crippen molar-refractivity contribution in [3.63, 3.8) is 0 Å². The quantitative estimate of drug-likeness (QED) is 0.523. The molecule has 1 rings (SSSR count). The summed E-state index contributed by atoms with van der Waals surface area (Å²) >= 11 is 0. The minimum Gasteiger partial charge on any atom is -0.368 e. The second-order valence-electron chi connectivity index (χ2n) is 2.41. The van der Waals surface area contributed by atoms with Crippen LogP contribution in [0.2, 0.25) is 0 Å². The summed E-state index contributed by atoms with van der Waals surface area (Å²) in [5, 5.41) is 11.1. The molecule has 0 aliphatic carbocycles. The van der Waals surface area contributed by atoms with Crippen LogP contribution in [0.1, 0.15) is 5.82 Å². The second kappa shape index (κ2) is 3.26. The Bertz CT molecular complexity index is 281. The minimum absolute atomic E-state index is 0.225. The van der Waals surface area contributed by atoms with E-state index in [1.54, 1.807) is 7.05 Å². The Morgan fingerprint density at radius 1 is 1.75 bits per heavy atom. The molecule has 0 bridgehead atoms. The largest absolute Gasteiger partial charge is 0.368 e. The normalized spacial score (nSPS) is 12.8. The molecule has 0 aliphatic heterocycles. The number of tetrazole rings is 1. The molecule has 1 atom stereocenters. The van der Waals surface area contributed by atoms with Gasteiger partial charge in [-0.25, -0.2) is 0 Å². The van der Waals surface area contributed by atoms with Gasteiger partial charge in [-0.3, -0.25) is 4.79 Å². The van der Waals surface area contributed by atoms with Crippen LogP contribution in [0.15, 0.2) is 0 Å². The highest BCUT2D eigenvalue weighted by molar-refractivity contribution is 5.79. The van der Waals surface area contributed by atoms with Crippen molar-refractivity contribution in [1.82, 2.24) is 20.2 Å². The Labute approximate surface area is 68.7 Å². The maximum absolute atomic E-state index is 10.5. The number of primary amides is 1. The van der Waals surface area contributed by atoms with Gasteiger partial charge < -0.3 is 11.5 Å². The lowest BCUT2D eigenvalue weighted by Crippen LogP contribution is -2.38. The van der Waals surface area contributed by atoms with Crippen molar-refractivity contribution in [2.45, 2.75) is 12.5 Å². The van der Waals surface area contributed by atoms with E-state index in [1.165, 1.54) is 4.80 Å². The SMILES string of the molecule is Cn1nnc(CC(N)C(N)=O)n1. The second-order valence-corrected chi connectivity index (χ2v) is 2.41. The summed E-state index contributed by atoms with van der Waals surface area (Å²) < 4.78 is 0. The molecule has 1 amide bonds. The maximum Gasteiger partial charge on any atom is 0.234 e. The average Bonchev–Trinajstić information content (AvgIpc) is 2.35. The van der Waals surface area contributed by atoms with E-state index < -0.39 is 11.9 Å². The number of hydrogen-bond acceptors (Lipinski definition) is 5. The van der Waals surface area contributed by atoms with Gasteiger partial charge in [0.05, 0.1) is 13.1 Å². The highest BCUT2D eigenvalue weighted by Crippen LogP contribution is 1.90. The summed E-state index contributed by atoms with van der Waals surface area (Å²) in [6.45, 7) is 0. The molecule has 66 valence electrons. The number of carbonyl (C=O) groups is 1. The standard InChI is InChI=1S/C5H10N6O/c1-11-9-4(8-10-11)2-3(6)5(7)12/h3H,2,6H2,1H3,(H2,7,12). The molecule has 0 spiro atoms. The van der Waals surface area contributed by atoms with Crippen LogP contribution in [0.25, 0.3) is 0 Å². The van der Waals surface area contributed by atoms with Gasteiger partial charge in [0.15, 0.2) is 5.82 Å². The first-order valence-electron chi connectivity index (χ1n) is 3.37. The molecule has 4 N–H and O–H groups in total. The molecule has 0 fully saturated rings. The van der Waals surface area contributed by atoms with Crippen molar-refractivity contribution in [1.29, 1.82) is 0 Å². The fourth-order valence-corrected chi connectivity index (χ4v) is 0.702. The number of aryl methyl sites for hydroxylation is 1. The summed E-state index contributed by atoms with van der Waals surface area (Å²) in [6.07, 6.45) is 0.225. The molecule has 0 aliphatic rings. The summed E-state index contributed by atoms with van der Waals surface area (Å²) in [5.74, 6) is -0.147. The fraction of sp³-hybridized carbons (Fsp3) is 0.600. The van der Waals surface area contributed by atoms with Crippen molar-refractivity contribution < 1.29 is 4.79 Å². The maximum atomic E-state index is 10.5. The first-order valence-corrected chi connectivity index (χ1v) is 3.37. The van der Waals surface area contributed by atoms with Gasteiger partial charge in [-0.1, -0.05) is 0 Å². The van der Waals surface area contributed by atoms with Gasteiger partial charge in [0.25, 0.3) is 0 Å². The molecule has 1 heterocycles. The Morgan fingerprint density at radius 2 is 2.42 bits per heavy atom. The third-order valence-corrected chi connectivity index (χ3v) is 1.32. The van der Waals surface area contributed by atoms with Crippen LogP contribution in [0, 0.1) is 0 Å². The predicted molar refractivity (Wildman–Crippen MR) is 39.7 cm³/mol. The summed E-state index contributed by atoms with van der Waals surface area (Å²) in [6, 6.07) is -0.741. The van der Waals surface area contributed by atoms with E-state index in [1.807, 2.05) is 0 Å². The fourth-order valence-electron chi connectivity index (χ4n) is 0.702. The molecule has 1 aromatic rings. The molecular weight excluding hydrogens is 160 g/mol. The number of amides is 1. The van der Waals surface area contributed by atoms with Crippen LogP contribution in [-0.2, 0) is 18.3 Å². The monoisotopic (exact) mass is 170 g/mol. The predicted octanol–water partition coefficient (Wildman–Crippen LogP) is -2.43. The highest BCUT2D eigenvalue weighted by atomic mass is 16.1. The van der Waals surface area contributed by atoms with Gasteiger partial charge in [0.1, 0.15) is 0 Å². The van der Waals surface area contributed by atoms with Gasteiger partial charge in [0, 0.05) is 6.42 Å². The molecule has 0 saturated heterocycles. The van der Waals surface area contributed by atoms with Crippen LogP contribution in [-0.4, -0.2) is 32.2 Å². The van der Waals surface area contributed by atoms with Gasteiger partial charge in [-0.05, 0) is 5.21 Å². The summed E-state index contributed by atoms with van der Waals surface area (Å²) in [4.78, 5) is 11.8. The van der Waals surface area contributed by atoms with Gasteiger partial charge in [0.2, 0.25) is 5.91 Å². The van der Waals surface area contributed by atoms with E-state index in [0.717, 1.165) is 0 Å². The molecular formula is C5H10N6O. The smallest absolute Gasteiger partial charge is 0.234 e. The van der Waals surface area contributed by atoms with E-state index in [4.69, 9.17) is 11.5 Å². The van der Waals surface area contributed by atoms with Gasteiger partial charge >= 0.3 is 0 Å². The van der Waals surface area contributed by atoms with E-state index >= 15 is 0 Å². The van der Waals surface area contributed by atoms with Crippen molar-refractivity contribution in [3.8, 4) is 0 Å². The zero-order chi connectivity index (χ0) is 9.14. The van der Waals surface area contributed by atoms with Crippen molar-refractivity contribution in [2.75, 3.05) is 0 Å². The summed E-state index contributed by atoms with van der Waals surface area (Å²) in [5.41, 5.74) is 10.3. The Balaban J connectivity index is 2.58. The molecule has 0 radical (unpaired) electrons. The molecule has 12 heavy (non-hydrogen) atoms. The molecule has 7 heteroatoms. The number of carbonyl (C=O) groups excluding carboxylic acids is 1. The Hall–Kier alpha value is -1.50. The van der Waals surface area contributed by atoms with Crippen LogP contribution in [0.4, 0.5) is 0 Å². The third kappa shape index (κ3) is 1.99. The van der Waals surface area contributed by atoms with Crippen molar-refractivity contribution in [3.05, 3.63) is 5.82 Å². The first-order chi connectivity index (χ1) is 5.59. The lowest BCUT2D eigenvalue weighted by Gasteiger charge is -2.01. The van der Waals surface area contributed by atoms with Crippen LogP contribution in [0.5, 0.6) is 0 Å². The third-order valence-electron chi connectivity index (χ3n) is 1.32. The Kier molecular flexibility index (Phi) is 2.34.